The monoisotopic (exact) mass is 283 g/mol. The molecule has 1 aromatic carbocycles. The van der Waals surface area contributed by atoms with Gasteiger partial charge < -0.3 is 5.11 Å². The van der Waals surface area contributed by atoms with Crippen molar-refractivity contribution in [3.8, 4) is 0 Å². The van der Waals surface area contributed by atoms with E-state index in [0.717, 1.165) is 18.4 Å². The number of benzene rings is 1. The minimum atomic E-state index is -3.41. The highest BCUT2D eigenvalue weighted by molar-refractivity contribution is 7.89. The van der Waals surface area contributed by atoms with E-state index in [4.69, 9.17) is 5.11 Å². The zero-order valence-corrected chi connectivity index (χ0v) is 12.0. The number of hydrogen-bond donors (Lipinski definition) is 2. The zero-order valence-electron chi connectivity index (χ0n) is 11.2. The van der Waals surface area contributed by atoms with E-state index < -0.39 is 10.0 Å². The lowest BCUT2D eigenvalue weighted by atomic mass is 9.71. The minimum Gasteiger partial charge on any atom is -0.396 e. The Hall–Kier alpha value is -0.910. The molecule has 0 heterocycles. The summed E-state index contributed by atoms with van der Waals surface area (Å²) in [7, 11) is -3.41. The summed E-state index contributed by atoms with van der Waals surface area (Å²) in [6.45, 7) is 2.69. The van der Waals surface area contributed by atoms with Crippen LogP contribution in [-0.4, -0.2) is 26.7 Å². The van der Waals surface area contributed by atoms with Gasteiger partial charge in [-0.1, -0.05) is 25.5 Å². The Morgan fingerprint density at radius 2 is 1.89 bits per heavy atom. The van der Waals surface area contributed by atoms with Crippen LogP contribution in [0.4, 0.5) is 0 Å². The molecule has 5 heteroatoms. The Bertz CT molecular complexity index is 518. The van der Waals surface area contributed by atoms with Crippen LogP contribution in [0.5, 0.6) is 0 Å². The number of aliphatic hydroxyl groups excluding tert-OH is 1. The SMILES string of the molecule is CC1(CNS(=O)(=O)c2ccc(CCO)cc2)CCC1. The molecule has 0 aliphatic heterocycles. The molecule has 0 amide bonds. The molecule has 0 bridgehead atoms. The summed E-state index contributed by atoms with van der Waals surface area (Å²) in [6.07, 6.45) is 3.91. The molecule has 0 unspecified atom stereocenters. The number of hydrogen-bond acceptors (Lipinski definition) is 3. The quantitative estimate of drug-likeness (QED) is 0.835. The summed E-state index contributed by atoms with van der Waals surface area (Å²) in [4.78, 5) is 0.289. The van der Waals surface area contributed by atoms with E-state index in [1.165, 1.54) is 6.42 Å². The van der Waals surface area contributed by atoms with Crippen molar-refractivity contribution >= 4 is 10.0 Å². The van der Waals surface area contributed by atoms with Gasteiger partial charge in [0.2, 0.25) is 10.0 Å². The van der Waals surface area contributed by atoms with Gasteiger partial charge in [0.15, 0.2) is 0 Å². The topological polar surface area (TPSA) is 66.4 Å². The molecule has 0 spiro atoms. The van der Waals surface area contributed by atoms with Crippen LogP contribution >= 0.6 is 0 Å². The lowest BCUT2D eigenvalue weighted by Crippen LogP contribution is -2.39. The summed E-state index contributed by atoms with van der Waals surface area (Å²) in [5.74, 6) is 0. The zero-order chi connectivity index (χ0) is 13.9. The normalized spacial score (nSPS) is 18.0. The van der Waals surface area contributed by atoms with Gasteiger partial charge in [-0.3, -0.25) is 0 Å². The van der Waals surface area contributed by atoms with Crippen LogP contribution < -0.4 is 4.72 Å². The maximum absolute atomic E-state index is 12.1. The summed E-state index contributed by atoms with van der Waals surface area (Å²) >= 11 is 0. The molecule has 1 saturated carbocycles. The van der Waals surface area contributed by atoms with Crippen molar-refractivity contribution in [2.75, 3.05) is 13.2 Å². The van der Waals surface area contributed by atoms with Crippen LogP contribution in [-0.2, 0) is 16.4 Å². The molecule has 0 saturated heterocycles. The smallest absolute Gasteiger partial charge is 0.240 e. The van der Waals surface area contributed by atoms with Crippen LogP contribution in [0.2, 0.25) is 0 Å². The Morgan fingerprint density at radius 3 is 2.37 bits per heavy atom. The maximum Gasteiger partial charge on any atom is 0.240 e. The first-order valence-electron chi connectivity index (χ1n) is 6.65. The molecule has 19 heavy (non-hydrogen) atoms. The average molecular weight is 283 g/mol. The van der Waals surface area contributed by atoms with Crippen molar-refractivity contribution in [2.45, 2.75) is 37.5 Å². The summed E-state index contributed by atoms with van der Waals surface area (Å²) in [5, 5.41) is 8.83. The third kappa shape index (κ3) is 3.55. The molecule has 0 aromatic heterocycles. The Labute approximate surface area is 114 Å². The van der Waals surface area contributed by atoms with Crippen LogP contribution in [0.15, 0.2) is 29.2 Å². The number of rotatable bonds is 6. The molecule has 1 fully saturated rings. The first kappa shape index (κ1) is 14.5. The highest BCUT2D eigenvalue weighted by Crippen LogP contribution is 2.39. The van der Waals surface area contributed by atoms with Gasteiger partial charge in [-0.05, 0) is 42.4 Å². The molecular formula is C14H21NO3S. The molecule has 0 atom stereocenters. The first-order chi connectivity index (χ1) is 8.95. The Balaban J connectivity index is 2.02. The minimum absolute atomic E-state index is 0.0721. The van der Waals surface area contributed by atoms with Crippen molar-refractivity contribution in [3.63, 3.8) is 0 Å². The van der Waals surface area contributed by atoms with E-state index in [2.05, 4.69) is 11.6 Å². The van der Waals surface area contributed by atoms with Gasteiger partial charge in [0, 0.05) is 13.2 Å². The van der Waals surface area contributed by atoms with E-state index in [1.807, 2.05) is 0 Å². The Kier molecular flexibility index (Phi) is 4.28. The van der Waals surface area contributed by atoms with Crippen molar-refractivity contribution in [1.82, 2.24) is 4.72 Å². The fraction of sp³-hybridized carbons (Fsp3) is 0.571. The lowest BCUT2D eigenvalue weighted by molar-refractivity contribution is 0.166. The number of nitrogens with one attached hydrogen (secondary N) is 1. The third-order valence-corrected chi connectivity index (χ3v) is 5.30. The fourth-order valence-electron chi connectivity index (χ4n) is 2.27. The van der Waals surface area contributed by atoms with Crippen LogP contribution in [0.1, 0.15) is 31.7 Å². The lowest BCUT2D eigenvalue weighted by Gasteiger charge is -2.38. The molecule has 106 valence electrons. The molecule has 1 aromatic rings. The third-order valence-electron chi connectivity index (χ3n) is 3.88. The molecule has 2 rings (SSSR count). The summed E-state index contributed by atoms with van der Waals surface area (Å²) in [5.41, 5.74) is 1.07. The molecule has 2 N–H and O–H groups in total. The second kappa shape index (κ2) is 5.61. The van der Waals surface area contributed by atoms with Crippen LogP contribution in [0, 0.1) is 5.41 Å². The molecular weight excluding hydrogens is 262 g/mol. The van der Waals surface area contributed by atoms with Gasteiger partial charge in [-0.15, -0.1) is 0 Å². The standard InChI is InChI=1S/C14H21NO3S/c1-14(8-2-9-14)11-15-19(17,18)13-5-3-12(4-6-13)7-10-16/h3-6,15-16H,2,7-11H2,1H3. The number of sulfonamides is 1. The van der Waals surface area contributed by atoms with E-state index in [1.54, 1.807) is 24.3 Å². The summed E-state index contributed by atoms with van der Waals surface area (Å²) in [6, 6.07) is 6.68. The second-order valence-corrected chi connectivity index (χ2v) is 7.37. The maximum atomic E-state index is 12.1. The van der Waals surface area contributed by atoms with Gasteiger partial charge in [-0.2, -0.15) is 0 Å². The highest BCUT2D eigenvalue weighted by atomic mass is 32.2. The molecule has 0 radical (unpaired) electrons. The van der Waals surface area contributed by atoms with Gasteiger partial charge in [0.1, 0.15) is 0 Å². The number of aliphatic hydroxyl groups is 1. The predicted molar refractivity (Wildman–Crippen MR) is 74.4 cm³/mol. The predicted octanol–water partition coefficient (Wildman–Crippen LogP) is 1.69. The first-order valence-corrected chi connectivity index (χ1v) is 8.13. The molecule has 1 aliphatic carbocycles. The van der Waals surface area contributed by atoms with Crippen molar-refractivity contribution in [1.29, 1.82) is 0 Å². The van der Waals surface area contributed by atoms with Crippen molar-refractivity contribution < 1.29 is 13.5 Å². The van der Waals surface area contributed by atoms with E-state index in [-0.39, 0.29) is 16.9 Å². The van der Waals surface area contributed by atoms with Crippen LogP contribution in [0.25, 0.3) is 0 Å². The fourth-order valence-corrected chi connectivity index (χ4v) is 3.47. The average Bonchev–Trinajstić information content (AvgIpc) is 2.35. The molecule has 4 nitrogen and oxygen atoms in total. The summed E-state index contributed by atoms with van der Waals surface area (Å²) < 4.78 is 26.9. The van der Waals surface area contributed by atoms with Gasteiger partial charge in [-0.25, -0.2) is 13.1 Å². The molecule has 1 aliphatic rings. The van der Waals surface area contributed by atoms with Gasteiger partial charge >= 0.3 is 0 Å². The van der Waals surface area contributed by atoms with E-state index in [0.29, 0.717) is 13.0 Å². The van der Waals surface area contributed by atoms with E-state index >= 15 is 0 Å². The van der Waals surface area contributed by atoms with Gasteiger partial charge in [0.25, 0.3) is 0 Å². The highest BCUT2D eigenvalue weighted by Gasteiger charge is 2.32. The Morgan fingerprint density at radius 1 is 1.26 bits per heavy atom. The van der Waals surface area contributed by atoms with Crippen molar-refractivity contribution in [3.05, 3.63) is 29.8 Å². The van der Waals surface area contributed by atoms with Gasteiger partial charge in [0.05, 0.1) is 4.90 Å². The largest absolute Gasteiger partial charge is 0.396 e. The second-order valence-electron chi connectivity index (χ2n) is 5.61. The van der Waals surface area contributed by atoms with Crippen molar-refractivity contribution in [2.24, 2.45) is 5.41 Å². The van der Waals surface area contributed by atoms with Crippen LogP contribution in [0.3, 0.4) is 0 Å². The van der Waals surface area contributed by atoms with E-state index in [9.17, 15) is 8.42 Å².